The summed E-state index contributed by atoms with van der Waals surface area (Å²) in [7, 11) is 0. The molecule has 1 aliphatic carbocycles. The lowest BCUT2D eigenvalue weighted by molar-refractivity contribution is 0.0962. The summed E-state index contributed by atoms with van der Waals surface area (Å²) in [5.41, 5.74) is 2.72. The van der Waals surface area contributed by atoms with E-state index in [4.69, 9.17) is 16.6 Å². The maximum absolute atomic E-state index is 12.6. The standard InChI is InChI=1S/C21H24ClN3O/c1-13-7-14(2)12-25(11-13)21-23-10-18-19(24-21)8-16(9-20(18)26)15-3-5-17(22)6-4-15/h3-6,10,13-14,16H,7-9,11-12H2,1-2H3/t13-,14-,16-/m0/s1. The summed E-state index contributed by atoms with van der Waals surface area (Å²) in [6, 6.07) is 7.81. The molecule has 26 heavy (non-hydrogen) atoms. The minimum absolute atomic E-state index is 0.137. The van der Waals surface area contributed by atoms with E-state index >= 15 is 0 Å². The average molecular weight is 370 g/mol. The number of rotatable bonds is 2. The van der Waals surface area contributed by atoms with Crippen LogP contribution in [-0.2, 0) is 6.42 Å². The molecule has 4 rings (SSSR count). The van der Waals surface area contributed by atoms with Crippen LogP contribution in [0.1, 0.15) is 54.2 Å². The second-order valence-electron chi connectivity index (χ2n) is 7.96. The number of piperidine rings is 1. The number of carbonyl (C=O) groups excluding carboxylic acids is 1. The van der Waals surface area contributed by atoms with E-state index in [-0.39, 0.29) is 11.7 Å². The van der Waals surface area contributed by atoms with Crippen molar-refractivity contribution in [2.75, 3.05) is 18.0 Å². The number of halogens is 1. The van der Waals surface area contributed by atoms with Gasteiger partial charge < -0.3 is 4.90 Å². The number of hydrogen-bond donors (Lipinski definition) is 0. The van der Waals surface area contributed by atoms with Gasteiger partial charge >= 0.3 is 0 Å². The first-order valence-corrected chi connectivity index (χ1v) is 9.77. The Morgan fingerprint density at radius 2 is 1.77 bits per heavy atom. The largest absolute Gasteiger partial charge is 0.340 e. The van der Waals surface area contributed by atoms with Crippen LogP contribution in [0, 0.1) is 11.8 Å². The molecule has 0 N–H and O–H groups in total. The average Bonchev–Trinajstić information content (AvgIpc) is 2.61. The molecule has 1 aromatic carbocycles. The zero-order valence-electron chi connectivity index (χ0n) is 15.3. The molecule has 2 aromatic rings. The molecule has 3 atom stereocenters. The fraction of sp³-hybridized carbons (Fsp3) is 0.476. The second kappa shape index (κ2) is 6.99. The van der Waals surface area contributed by atoms with Crippen LogP contribution in [0.4, 0.5) is 5.95 Å². The minimum atomic E-state index is 0.137. The highest BCUT2D eigenvalue weighted by atomic mass is 35.5. The Hall–Kier alpha value is -1.94. The topological polar surface area (TPSA) is 46.1 Å². The third-order valence-corrected chi connectivity index (χ3v) is 5.77. The Morgan fingerprint density at radius 1 is 1.08 bits per heavy atom. The highest BCUT2D eigenvalue weighted by Gasteiger charge is 2.30. The quantitative estimate of drug-likeness (QED) is 0.780. The van der Waals surface area contributed by atoms with Crippen LogP contribution in [0.2, 0.25) is 5.02 Å². The lowest BCUT2D eigenvalue weighted by atomic mass is 9.82. The Labute approximate surface area is 159 Å². The number of carbonyl (C=O) groups is 1. The molecule has 0 saturated carbocycles. The summed E-state index contributed by atoms with van der Waals surface area (Å²) in [6.07, 6.45) is 4.27. The van der Waals surface area contributed by atoms with E-state index in [1.165, 1.54) is 6.42 Å². The molecule has 2 heterocycles. The van der Waals surface area contributed by atoms with Crippen LogP contribution in [0.3, 0.4) is 0 Å². The molecule has 1 saturated heterocycles. The van der Waals surface area contributed by atoms with Crippen molar-refractivity contribution >= 4 is 23.3 Å². The summed E-state index contributed by atoms with van der Waals surface area (Å²) in [6.45, 7) is 6.53. The van der Waals surface area contributed by atoms with Gasteiger partial charge in [0.05, 0.1) is 11.3 Å². The molecule has 0 spiro atoms. The molecule has 0 radical (unpaired) electrons. The SMILES string of the molecule is C[C@H]1C[C@H](C)CN(c2ncc3c(n2)C[C@H](c2ccc(Cl)cc2)CC3=O)C1. The number of benzene rings is 1. The summed E-state index contributed by atoms with van der Waals surface area (Å²) in [5.74, 6) is 2.35. The lowest BCUT2D eigenvalue weighted by Crippen LogP contribution is -2.40. The van der Waals surface area contributed by atoms with E-state index in [9.17, 15) is 4.79 Å². The highest BCUT2D eigenvalue weighted by molar-refractivity contribution is 6.30. The van der Waals surface area contributed by atoms with Crippen LogP contribution in [-0.4, -0.2) is 28.8 Å². The normalized spacial score (nSPS) is 25.9. The van der Waals surface area contributed by atoms with Crippen molar-refractivity contribution in [3.8, 4) is 0 Å². The molecule has 0 bridgehead atoms. The van der Waals surface area contributed by atoms with Gasteiger partial charge in [-0.15, -0.1) is 0 Å². The van der Waals surface area contributed by atoms with Crippen LogP contribution in [0.5, 0.6) is 0 Å². The molecule has 1 aromatic heterocycles. The third-order valence-electron chi connectivity index (χ3n) is 5.52. The van der Waals surface area contributed by atoms with Crippen molar-refractivity contribution in [1.29, 1.82) is 0 Å². The van der Waals surface area contributed by atoms with Gasteiger partial charge in [-0.3, -0.25) is 4.79 Å². The van der Waals surface area contributed by atoms with E-state index in [0.29, 0.717) is 28.8 Å². The van der Waals surface area contributed by atoms with Gasteiger partial charge in [0.1, 0.15) is 0 Å². The van der Waals surface area contributed by atoms with Gasteiger partial charge in [0.25, 0.3) is 0 Å². The number of aromatic nitrogens is 2. The summed E-state index contributed by atoms with van der Waals surface area (Å²) in [4.78, 5) is 24.2. The van der Waals surface area contributed by atoms with Crippen LogP contribution in [0.15, 0.2) is 30.5 Å². The number of hydrogen-bond acceptors (Lipinski definition) is 4. The number of Topliss-reactive ketones (excluding diaryl/α,β-unsaturated/α-hetero) is 1. The van der Waals surface area contributed by atoms with Crippen molar-refractivity contribution < 1.29 is 4.79 Å². The molecular formula is C21H24ClN3O. The Morgan fingerprint density at radius 3 is 2.46 bits per heavy atom. The van der Waals surface area contributed by atoms with Gasteiger partial charge in [-0.05, 0) is 48.3 Å². The molecule has 0 unspecified atom stereocenters. The molecule has 2 aliphatic rings. The molecule has 1 aliphatic heterocycles. The zero-order valence-corrected chi connectivity index (χ0v) is 16.0. The molecular weight excluding hydrogens is 346 g/mol. The van der Waals surface area contributed by atoms with Crippen molar-refractivity contribution in [2.45, 2.75) is 39.0 Å². The zero-order chi connectivity index (χ0) is 18.3. The van der Waals surface area contributed by atoms with Crippen molar-refractivity contribution in [3.05, 3.63) is 52.3 Å². The van der Waals surface area contributed by atoms with E-state index in [1.807, 2.05) is 24.3 Å². The monoisotopic (exact) mass is 369 g/mol. The van der Waals surface area contributed by atoms with Crippen molar-refractivity contribution in [2.24, 2.45) is 11.8 Å². The maximum Gasteiger partial charge on any atom is 0.225 e. The van der Waals surface area contributed by atoms with Gasteiger partial charge in [0, 0.05) is 30.7 Å². The number of anilines is 1. The summed E-state index contributed by atoms with van der Waals surface area (Å²) >= 11 is 6.00. The fourth-order valence-corrected chi connectivity index (χ4v) is 4.51. The van der Waals surface area contributed by atoms with Crippen LogP contribution in [0.25, 0.3) is 0 Å². The number of nitrogens with zero attached hydrogens (tertiary/aromatic N) is 3. The lowest BCUT2D eigenvalue weighted by Gasteiger charge is -2.35. The third kappa shape index (κ3) is 3.48. The molecule has 1 fully saturated rings. The predicted octanol–water partition coefficient (Wildman–Crippen LogP) is 4.53. The highest BCUT2D eigenvalue weighted by Crippen LogP contribution is 2.33. The van der Waals surface area contributed by atoms with Crippen molar-refractivity contribution in [1.82, 2.24) is 9.97 Å². The van der Waals surface area contributed by atoms with Crippen LogP contribution >= 0.6 is 11.6 Å². The molecule has 0 amide bonds. The summed E-state index contributed by atoms with van der Waals surface area (Å²) in [5, 5.41) is 0.717. The van der Waals surface area contributed by atoms with E-state index in [2.05, 4.69) is 23.7 Å². The molecule has 5 heteroatoms. The second-order valence-corrected chi connectivity index (χ2v) is 8.40. The first kappa shape index (κ1) is 17.5. The van der Waals surface area contributed by atoms with Gasteiger partial charge in [-0.2, -0.15) is 0 Å². The first-order chi connectivity index (χ1) is 12.5. The smallest absolute Gasteiger partial charge is 0.225 e. The van der Waals surface area contributed by atoms with Gasteiger partial charge in [0.15, 0.2) is 5.78 Å². The van der Waals surface area contributed by atoms with E-state index < -0.39 is 0 Å². The molecule has 4 nitrogen and oxygen atoms in total. The van der Waals surface area contributed by atoms with E-state index in [0.717, 1.165) is 36.7 Å². The summed E-state index contributed by atoms with van der Waals surface area (Å²) < 4.78 is 0. The molecule has 136 valence electrons. The maximum atomic E-state index is 12.6. The predicted molar refractivity (Wildman–Crippen MR) is 104 cm³/mol. The van der Waals surface area contributed by atoms with E-state index in [1.54, 1.807) is 6.20 Å². The number of fused-ring (bicyclic) bond motifs is 1. The Kier molecular flexibility index (Phi) is 4.70. The van der Waals surface area contributed by atoms with Crippen LogP contribution < -0.4 is 4.90 Å². The van der Waals surface area contributed by atoms with Gasteiger partial charge in [0.2, 0.25) is 5.95 Å². The van der Waals surface area contributed by atoms with Gasteiger partial charge in [-0.25, -0.2) is 9.97 Å². The van der Waals surface area contributed by atoms with Crippen molar-refractivity contribution in [3.63, 3.8) is 0 Å². The minimum Gasteiger partial charge on any atom is -0.340 e. The first-order valence-electron chi connectivity index (χ1n) is 9.39. The van der Waals surface area contributed by atoms with Gasteiger partial charge in [-0.1, -0.05) is 37.6 Å². The fourth-order valence-electron chi connectivity index (χ4n) is 4.38. The number of ketones is 1. The Balaban J connectivity index is 1.61. The Bertz CT molecular complexity index is 811.